The Morgan fingerprint density at radius 3 is 2.90 bits per heavy atom. The van der Waals surface area contributed by atoms with E-state index in [2.05, 4.69) is 16.4 Å². The Hall–Kier alpha value is 0.130. The average molecular weight is 182 g/mol. The van der Waals surface area contributed by atoms with Crippen molar-refractivity contribution in [3.63, 3.8) is 0 Å². The number of carbonyl (C=O) groups is 1. The lowest BCUT2D eigenvalue weighted by Gasteiger charge is -2.05. The highest BCUT2D eigenvalue weighted by Gasteiger charge is 2.11. The van der Waals surface area contributed by atoms with Gasteiger partial charge in [-0.1, -0.05) is 10.8 Å². The minimum Gasteiger partial charge on any atom is -0.462 e. The van der Waals surface area contributed by atoms with Gasteiger partial charge in [-0.2, -0.15) is 0 Å². The third kappa shape index (κ3) is 4.03. The summed E-state index contributed by atoms with van der Waals surface area (Å²) in [7, 11) is 1.12. The van der Waals surface area contributed by atoms with E-state index in [-0.39, 0.29) is 24.4 Å². The predicted octanol–water partition coefficient (Wildman–Crippen LogP) is 0.488. The van der Waals surface area contributed by atoms with Crippen LogP contribution < -0.4 is 0 Å². The Morgan fingerprint density at radius 2 is 2.50 bits per heavy atom. The van der Waals surface area contributed by atoms with Gasteiger partial charge in [0.1, 0.15) is 11.9 Å². The molecule has 0 aliphatic carbocycles. The van der Waals surface area contributed by atoms with E-state index in [0.717, 1.165) is 10.8 Å². The summed E-state index contributed by atoms with van der Waals surface area (Å²) in [5.41, 5.74) is 0. The van der Waals surface area contributed by atoms with Crippen molar-refractivity contribution in [1.82, 2.24) is 0 Å². The second kappa shape index (κ2) is 5.88. The zero-order valence-corrected chi connectivity index (χ0v) is 7.32. The largest absolute Gasteiger partial charge is 0.462 e. The molecule has 10 heavy (non-hydrogen) atoms. The molecule has 0 spiro atoms. The Balaban J connectivity index is 3.42. The molecule has 0 aromatic heterocycles. The van der Waals surface area contributed by atoms with Gasteiger partial charge in [0, 0.05) is 0 Å². The van der Waals surface area contributed by atoms with Crippen molar-refractivity contribution < 1.29 is 14.6 Å². The first-order valence-corrected chi connectivity index (χ1v) is 4.73. The number of aliphatic hydroxyl groups excluding tert-OH is 1. The molecule has 1 atom stereocenters. The van der Waals surface area contributed by atoms with E-state index in [9.17, 15) is 4.79 Å². The van der Waals surface area contributed by atoms with Gasteiger partial charge in [-0.05, 0) is 6.92 Å². The highest BCUT2D eigenvalue weighted by molar-refractivity contribution is 8.69. The molecule has 0 saturated heterocycles. The van der Waals surface area contributed by atoms with E-state index < -0.39 is 0 Å². The molecule has 0 aliphatic rings. The summed E-state index contributed by atoms with van der Waals surface area (Å²) >= 11 is 3.83. The fourth-order valence-electron chi connectivity index (χ4n) is 0.307. The Bertz CT molecular complexity index is 107. The van der Waals surface area contributed by atoms with Crippen LogP contribution in [0.2, 0.25) is 0 Å². The Kier molecular flexibility index (Phi) is 5.96. The fraction of sp³-hybridized carbons (Fsp3) is 0.800. The molecule has 0 fully saturated rings. The van der Waals surface area contributed by atoms with E-state index >= 15 is 0 Å². The SMILES string of the molecule is CC(SS)C(=O)OCCO. The van der Waals surface area contributed by atoms with Crippen molar-refractivity contribution in [3.8, 4) is 0 Å². The van der Waals surface area contributed by atoms with Gasteiger partial charge >= 0.3 is 5.97 Å². The minimum absolute atomic E-state index is 0.0670. The zero-order valence-electron chi connectivity index (χ0n) is 5.61. The molecule has 1 unspecified atom stereocenters. The number of thiol groups is 1. The molecule has 0 radical (unpaired) electrons. The van der Waals surface area contributed by atoms with Gasteiger partial charge < -0.3 is 9.84 Å². The van der Waals surface area contributed by atoms with E-state index in [1.54, 1.807) is 6.92 Å². The molecule has 5 heteroatoms. The smallest absolute Gasteiger partial charge is 0.319 e. The Labute approximate surface area is 68.9 Å². The topological polar surface area (TPSA) is 46.5 Å². The summed E-state index contributed by atoms with van der Waals surface area (Å²) in [6.45, 7) is 1.63. The lowest BCUT2D eigenvalue weighted by Crippen LogP contribution is -2.17. The molecule has 0 aliphatic heterocycles. The first kappa shape index (κ1) is 10.1. The summed E-state index contributed by atoms with van der Waals surface area (Å²) in [5.74, 6) is -0.339. The molecule has 0 bridgehead atoms. The fourth-order valence-corrected chi connectivity index (χ4v) is 0.719. The Morgan fingerprint density at radius 1 is 1.90 bits per heavy atom. The normalized spacial score (nSPS) is 12.7. The second-order valence-corrected chi connectivity index (χ2v) is 3.19. The molecule has 0 rings (SSSR count). The van der Waals surface area contributed by atoms with Crippen LogP contribution in [0.5, 0.6) is 0 Å². The van der Waals surface area contributed by atoms with E-state index in [1.807, 2.05) is 0 Å². The number of carbonyl (C=O) groups excluding carboxylic acids is 1. The molecule has 0 amide bonds. The molecule has 3 nitrogen and oxygen atoms in total. The van der Waals surface area contributed by atoms with Crippen molar-refractivity contribution in [2.45, 2.75) is 12.2 Å². The second-order valence-electron chi connectivity index (χ2n) is 1.64. The molecule has 0 heterocycles. The van der Waals surface area contributed by atoms with Gasteiger partial charge in [-0.25, -0.2) is 0 Å². The molecule has 1 N–H and O–H groups in total. The van der Waals surface area contributed by atoms with E-state index in [1.165, 1.54) is 0 Å². The van der Waals surface area contributed by atoms with Crippen LogP contribution in [0, 0.1) is 0 Å². The predicted molar refractivity (Wildman–Crippen MR) is 44.1 cm³/mol. The number of esters is 1. The van der Waals surface area contributed by atoms with Crippen molar-refractivity contribution in [2.75, 3.05) is 13.2 Å². The van der Waals surface area contributed by atoms with Gasteiger partial charge in [-0.3, -0.25) is 4.79 Å². The number of hydrogen-bond acceptors (Lipinski definition) is 5. The number of hydrogen-bond donors (Lipinski definition) is 2. The summed E-state index contributed by atoms with van der Waals surface area (Å²) in [6, 6.07) is 0. The van der Waals surface area contributed by atoms with Crippen LogP contribution in [-0.4, -0.2) is 29.5 Å². The monoisotopic (exact) mass is 182 g/mol. The number of aliphatic hydroxyl groups is 1. The van der Waals surface area contributed by atoms with Crippen LogP contribution in [0.15, 0.2) is 0 Å². The van der Waals surface area contributed by atoms with Crippen LogP contribution in [0.25, 0.3) is 0 Å². The number of rotatable bonds is 4. The highest BCUT2D eigenvalue weighted by atomic mass is 33.1. The van der Waals surface area contributed by atoms with Gasteiger partial charge in [0.15, 0.2) is 0 Å². The third-order valence-electron chi connectivity index (χ3n) is 0.826. The minimum atomic E-state index is -0.339. The summed E-state index contributed by atoms with van der Waals surface area (Å²) in [4.78, 5) is 10.7. The lowest BCUT2D eigenvalue weighted by molar-refractivity contribution is -0.143. The van der Waals surface area contributed by atoms with Gasteiger partial charge in [0.25, 0.3) is 0 Å². The van der Waals surface area contributed by atoms with E-state index in [4.69, 9.17) is 5.11 Å². The average Bonchev–Trinajstić information content (AvgIpc) is 1.98. The maximum Gasteiger partial charge on any atom is 0.319 e. The van der Waals surface area contributed by atoms with Crippen molar-refractivity contribution in [1.29, 1.82) is 0 Å². The van der Waals surface area contributed by atoms with Gasteiger partial charge in [0.2, 0.25) is 0 Å². The lowest BCUT2D eigenvalue weighted by atomic mass is 10.5. The molecule has 0 aromatic carbocycles. The van der Waals surface area contributed by atoms with Crippen LogP contribution in [0.1, 0.15) is 6.92 Å². The highest BCUT2D eigenvalue weighted by Crippen LogP contribution is 2.14. The first-order valence-electron chi connectivity index (χ1n) is 2.80. The van der Waals surface area contributed by atoms with Crippen molar-refractivity contribution in [3.05, 3.63) is 0 Å². The van der Waals surface area contributed by atoms with Crippen LogP contribution >= 0.6 is 22.5 Å². The standard InChI is InChI=1S/C5H10O3S2/c1-4(10-9)5(7)8-3-2-6/h4,6,9H,2-3H2,1H3. The van der Waals surface area contributed by atoms with Crippen LogP contribution in [-0.2, 0) is 9.53 Å². The third-order valence-corrected chi connectivity index (χ3v) is 2.28. The summed E-state index contributed by atoms with van der Waals surface area (Å²) < 4.78 is 4.59. The molecular weight excluding hydrogens is 172 g/mol. The molecule has 0 saturated carbocycles. The molecule has 60 valence electrons. The van der Waals surface area contributed by atoms with Crippen LogP contribution in [0.4, 0.5) is 0 Å². The van der Waals surface area contributed by atoms with Gasteiger partial charge in [-0.15, -0.1) is 11.7 Å². The summed E-state index contributed by atoms with van der Waals surface area (Å²) in [6.07, 6.45) is 0. The van der Waals surface area contributed by atoms with Gasteiger partial charge in [0.05, 0.1) is 6.61 Å². The molecular formula is C5H10O3S2. The van der Waals surface area contributed by atoms with Crippen LogP contribution in [0.3, 0.4) is 0 Å². The van der Waals surface area contributed by atoms with E-state index in [0.29, 0.717) is 0 Å². The maximum absolute atomic E-state index is 10.7. The van der Waals surface area contributed by atoms with Crippen molar-refractivity contribution in [2.24, 2.45) is 0 Å². The quantitative estimate of drug-likeness (QED) is 0.377. The first-order chi connectivity index (χ1) is 4.72. The zero-order chi connectivity index (χ0) is 7.98. The summed E-state index contributed by atoms with van der Waals surface area (Å²) in [5, 5.41) is 8.00. The number of ether oxygens (including phenoxy) is 1. The molecule has 0 aromatic rings. The van der Waals surface area contributed by atoms with Crippen molar-refractivity contribution >= 4 is 28.4 Å². The maximum atomic E-state index is 10.7.